The van der Waals surface area contributed by atoms with Crippen molar-refractivity contribution in [3.63, 3.8) is 0 Å². The third-order valence-electron chi connectivity index (χ3n) is 5.33. The lowest BCUT2D eigenvalue weighted by Crippen LogP contribution is -2.17. The van der Waals surface area contributed by atoms with Gasteiger partial charge in [-0.25, -0.2) is 4.98 Å². The van der Waals surface area contributed by atoms with Gasteiger partial charge in [-0.1, -0.05) is 42.1 Å². The Morgan fingerprint density at radius 1 is 0.967 bits per heavy atom. The number of halogens is 2. The van der Waals surface area contributed by atoms with E-state index in [0.717, 1.165) is 29.3 Å². The third kappa shape index (κ3) is 4.50. The Hall–Kier alpha value is -2.44. The molecule has 0 aliphatic heterocycles. The number of benzene rings is 2. The van der Waals surface area contributed by atoms with Crippen LogP contribution in [0, 0.1) is 0 Å². The molecular weight excluding hydrogens is 423 g/mol. The average Bonchev–Trinajstić information content (AvgIpc) is 3.26. The first-order valence-corrected chi connectivity index (χ1v) is 10.7. The average molecular weight is 447 g/mol. The number of methoxy groups -OCH3 is 2. The monoisotopic (exact) mass is 446 g/mol. The Balaban J connectivity index is 1.70. The summed E-state index contributed by atoms with van der Waals surface area (Å²) in [4.78, 5) is 9.49. The van der Waals surface area contributed by atoms with E-state index in [9.17, 15) is 0 Å². The number of hydrogen-bond donors (Lipinski definition) is 2. The first kappa shape index (κ1) is 20.8. The van der Waals surface area contributed by atoms with E-state index in [0.29, 0.717) is 45.9 Å². The van der Waals surface area contributed by atoms with Crippen molar-refractivity contribution in [1.82, 2.24) is 9.97 Å². The third-order valence-corrected chi connectivity index (χ3v) is 6.07. The molecule has 0 bridgehead atoms. The van der Waals surface area contributed by atoms with Crippen LogP contribution in [-0.4, -0.2) is 30.2 Å². The number of nitrogens with one attached hydrogen (secondary N) is 2. The SMILES string of the molecule is COc1cc2nc(NC3CCCC3)nc(NCc3ccc(Cl)c(Cl)c3)c2cc1OC. The molecule has 2 N–H and O–H groups in total. The van der Waals surface area contributed by atoms with Crippen LogP contribution in [0.2, 0.25) is 10.0 Å². The molecule has 3 aromatic rings. The van der Waals surface area contributed by atoms with Crippen LogP contribution in [-0.2, 0) is 6.54 Å². The number of anilines is 2. The van der Waals surface area contributed by atoms with Crippen LogP contribution < -0.4 is 20.1 Å². The molecule has 0 unspecified atom stereocenters. The van der Waals surface area contributed by atoms with Crippen LogP contribution in [0.4, 0.5) is 11.8 Å². The Morgan fingerprint density at radius 3 is 2.40 bits per heavy atom. The van der Waals surface area contributed by atoms with Gasteiger partial charge in [0, 0.05) is 24.0 Å². The molecule has 1 aliphatic carbocycles. The van der Waals surface area contributed by atoms with Gasteiger partial charge in [0.15, 0.2) is 11.5 Å². The van der Waals surface area contributed by atoms with Gasteiger partial charge in [-0.2, -0.15) is 4.98 Å². The van der Waals surface area contributed by atoms with E-state index >= 15 is 0 Å². The second-order valence-corrected chi connectivity index (χ2v) is 8.16. The van der Waals surface area contributed by atoms with Crippen LogP contribution in [0.25, 0.3) is 10.9 Å². The highest BCUT2D eigenvalue weighted by Crippen LogP contribution is 2.35. The fourth-order valence-corrected chi connectivity index (χ4v) is 4.06. The van der Waals surface area contributed by atoms with Gasteiger partial charge in [0.25, 0.3) is 0 Å². The Kier molecular flexibility index (Phi) is 6.35. The van der Waals surface area contributed by atoms with Crippen LogP contribution in [0.5, 0.6) is 11.5 Å². The minimum absolute atomic E-state index is 0.408. The Labute approximate surface area is 185 Å². The fraction of sp³-hybridized carbons (Fsp3) is 0.364. The van der Waals surface area contributed by atoms with E-state index in [1.54, 1.807) is 20.3 Å². The van der Waals surface area contributed by atoms with Gasteiger partial charge in [-0.3, -0.25) is 0 Å². The quantitative estimate of drug-likeness (QED) is 0.469. The molecule has 1 saturated carbocycles. The van der Waals surface area contributed by atoms with Gasteiger partial charge in [-0.05, 0) is 36.6 Å². The van der Waals surface area contributed by atoms with Gasteiger partial charge in [0.2, 0.25) is 5.95 Å². The minimum atomic E-state index is 0.408. The highest BCUT2D eigenvalue weighted by atomic mass is 35.5. The molecule has 1 fully saturated rings. The molecule has 4 rings (SSSR count). The van der Waals surface area contributed by atoms with Gasteiger partial charge in [-0.15, -0.1) is 0 Å². The summed E-state index contributed by atoms with van der Waals surface area (Å²) in [6.07, 6.45) is 4.75. The molecule has 0 amide bonds. The smallest absolute Gasteiger partial charge is 0.225 e. The standard InChI is InChI=1S/C22H24Cl2N4O2/c1-29-19-10-15-18(11-20(19)30-2)27-22(26-14-5-3-4-6-14)28-21(15)25-12-13-7-8-16(23)17(24)9-13/h7-11,14H,3-6,12H2,1-2H3,(H2,25,26,27,28). The van der Waals surface area contributed by atoms with Crippen LogP contribution in [0.3, 0.4) is 0 Å². The molecule has 0 radical (unpaired) electrons. The van der Waals surface area contributed by atoms with Crippen molar-refractivity contribution >= 4 is 45.9 Å². The molecule has 1 aliphatic rings. The van der Waals surface area contributed by atoms with Crippen LogP contribution in [0.15, 0.2) is 30.3 Å². The van der Waals surface area contributed by atoms with Gasteiger partial charge < -0.3 is 20.1 Å². The summed E-state index contributed by atoms with van der Waals surface area (Å²) in [5.74, 6) is 2.58. The van der Waals surface area contributed by atoms with E-state index in [4.69, 9.17) is 42.6 Å². The van der Waals surface area contributed by atoms with E-state index in [-0.39, 0.29) is 0 Å². The van der Waals surface area contributed by atoms with Crippen molar-refractivity contribution in [2.75, 3.05) is 24.9 Å². The topological polar surface area (TPSA) is 68.3 Å². The minimum Gasteiger partial charge on any atom is -0.493 e. The summed E-state index contributed by atoms with van der Waals surface area (Å²) in [5.41, 5.74) is 1.78. The Bertz CT molecular complexity index is 1050. The maximum atomic E-state index is 6.16. The lowest BCUT2D eigenvalue weighted by atomic mass is 10.2. The van der Waals surface area contributed by atoms with E-state index in [1.165, 1.54) is 12.8 Å². The zero-order chi connectivity index (χ0) is 21.1. The van der Waals surface area contributed by atoms with Crippen molar-refractivity contribution in [3.8, 4) is 11.5 Å². The van der Waals surface area contributed by atoms with Crippen LogP contribution in [0.1, 0.15) is 31.2 Å². The number of hydrogen-bond acceptors (Lipinski definition) is 6. The van der Waals surface area contributed by atoms with Gasteiger partial charge in [0.05, 0.1) is 29.8 Å². The number of aromatic nitrogens is 2. The molecule has 8 heteroatoms. The van der Waals surface area contributed by atoms with Crippen molar-refractivity contribution in [2.45, 2.75) is 38.3 Å². The number of fused-ring (bicyclic) bond motifs is 1. The fourth-order valence-electron chi connectivity index (χ4n) is 3.74. The molecule has 6 nitrogen and oxygen atoms in total. The predicted molar refractivity (Wildman–Crippen MR) is 122 cm³/mol. The largest absolute Gasteiger partial charge is 0.493 e. The van der Waals surface area contributed by atoms with E-state index in [2.05, 4.69) is 10.6 Å². The summed E-state index contributed by atoms with van der Waals surface area (Å²) in [6, 6.07) is 9.75. The highest BCUT2D eigenvalue weighted by Gasteiger charge is 2.18. The van der Waals surface area contributed by atoms with Gasteiger partial charge >= 0.3 is 0 Å². The van der Waals surface area contributed by atoms with Crippen molar-refractivity contribution in [1.29, 1.82) is 0 Å². The molecule has 0 saturated heterocycles. The van der Waals surface area contributed by atoms with Crippen molar-refractivity contribution in [2.24, 2.45) is 0 Å². The first-order chi connectivity index (χ1) is 14.6. The van der Waals surface area contributed by atoms with Crippen molar-refractivity contribution in [3.05, 3.63) is 45.9 Å². The molecular formula is C22H24Cl2N4O2. The first-order valence-electron chi connectivity index (χ1n) is 9.95. The van der Waals surface area contributed by atoms with E-state index in [1.807, 2.05) is 24.3 Å². The molecule has 0 spiro atoms. The summed E-state index contributed by atoms with van der Waals surface area (Å²) in [7, 11) is 3.23. The second-order valence-electron chi connectivity index (χ2n) is 7.35. The van der Waals surface area contributed by atoms with E-state index < -0.39 is 0 Å². The van der Waals surface area contributed by atoms with Gasteiger partial charge in [0.1, 0.15) is 5.82 Å². The number of rotatable bonds is 7. The molecule has 2 aromatic carbocycles. The summed E-state index contributed by atoms with van der Waals surface area (Å²) in [5, 5.41) is 8.81. The zero-order valence-corrected chi connectivity index (χ0v) is 18.5. The molecule has 158 valence electrons. The number of nitrogens with zero attached hydrogens (tertiary/aromatic N) is 2. The van der Waals surface area contributed by atoms with Crippen molar-refractivity contribution < 1.29 is 9.47 Å². The Morgan fingerprint density at radius 2 is 1.70 bits per heavy atom. The van der Waals surface area contributed by atoms with Crippen LogP contribution >= 0.6 is 23.2 Å². The maximum Gasteiger partial charge on any atom is 0.225 e. The number of ether oxygens (including phenoxy) is 2. The summed E-state index contributed by atoms with van der Waals surface area (Å²) < 4.78 is 10.9. The molecule has 1 aromatic heterocycles. The second kappa shape index (κ2) is 9.14. The maximum absolute atomic E-state index is 6.16. The lowest BCUT2D eigenvalue weighted by molar-refractivity contribution is 0.356. The highest BCUT2D eigenvalue weighted by molar-refractivity contribution is 6.42. The predicted octanol–water partition coefficient (Wildman–Crippen LogP) is 5.92. The summed E-state index contributed by atoms with van der Waals surface area (Å²) in [6.45, 7) is 0.542. The summed E-state index contributed by atoms with van der Waals surface area (Å²) >= 11 is 12.2. The normalized spacial score (nSPS) is 14.1. The molecule has 30 heavy (non-hydrogen) atoms. The lowest BCUT2D eigenvalue weighted by Gasteiger charge is -2.16. The molecule has 1 heterocycles. The zero-order valence-electron chi connectivity index (χ0n) is 17.0. The molecule has 0 atom stereocenters.